The average molecular weight is 468 g/mol. The minimum Gasteiger partial charge on any atom is -0.497 e. The van der Waals surface area contributed by atoms with Gasteiger partial charge in [0.15, 0.2) is 18.1 Å². The number of carbonyl (C=O) groups is 2. The summed E-state index contributed by atoms with van der Waals surface area (Å²) >= 11 is 0. The highest BCUT2D eigenvalue weighted by molar-refractivity contribution is 5.84. The van der Waals surface area contributed by atoms with Crippen LogP contribution in [0.5, 0.6) is 23.0 Å². The van der Waals surface area contributed by atoms with Gasteiger partial charge in [-0.1, -0.05) is 0 Å². The van der Waals surface area contributed by atoms with Crippen molar-refractivity contribution in [1.29, 1.82) is 0 Å². The van der Waals surface area contributed by atoms with Crippen LogP contribution in [0.25, 0.3) is 0 Å². The maximum Gasteiger partial charge on any atom is 0.371 e. The molecule has 0 saturated heterocycles. The fourth-order valence-electron chi connectivity index (χ4n) is 2.74. The molecule has 0 aliphatic carbocycles. The number of methoxy groups -OCH3 is 1. The lowest BCUT2D eigenvalue weighted by molar-refractivity contribution is -0.123. The van der Waals surface area contributed by atoms with Crippen molar-refractivity contribution in [2.45, 2.75) is 13.5 Å². The predicted molar refractivity (Wildman–Crippen MR) is 122 cm³/mol. The number of hydrogen-bond acceptors (Lipinski definition) is 8. The minimum absolute atomic E-state index is 0.0328. The van der Waals surface area contributed by atoms with Crippen LogP contribution in [0.2, 0.25) is 0 Å². The fourth-order valence-corrected chi connectivity index (χ4v) is 2.74. The molecule has 10 nitrogen and oxygen atoms in total. The van der Waals surface area contributed by atoms with E-state index in [1.54, 1.807) is 49.6 Å². The first kappa shape index (κ1) is 24.2. The number of rotatable bonds is 12. The van der Waals surface area contributed by atoms with Gasteiger partial charge in [0.05, 0.1) is 19.9 Å². The lowest BCUT2D eigenvalue weighted by Gasteiger charge is -2.11. The number of furan rings is 1. The number of hydrazone groups is 1. The molecule has 0 atom stereocenters. The second-order valence-electron chi connectivity index (χ2n) is 6.76. The smallest absolute Gasteiger partial charge is 0.371 e. The third-order valence-electron chi connectivity index (χ3n) is 4.34. The van der Waals surface area contributed by atoms with Crippen LogP contribution >= 0.6 is 0 Å². The van der Waals surface area contributed by atoms with Crippen molar-refractivity contribution in [2.75, 3.05) is 20.3 Å². The highest BCUT2D eigenvalue weighted by Crippen LogP contribution is 2.29. The highest BCUT2D eigenvalue weighted by atomic mass is 16.5. The molecule has 0 aliphatic heterocycles. The van der Waals surface area contributed by atoms with E-state index >= 15 is 0 Å². The molecule has 0 radical (unpaired) electrons. The van der Waals surface area contributed by atoms with Gasteiger partial charge in [0.2, 0.25) is 5.76 Å². The minimum atomic E-state index is -1.15. The Hall–Kier alpha value is -4.47. The monoisotopic (exact) mass is 468 g/mol. The Labute approximate surface area is 195 Å². The van der Waals surface area contributed by atoms with Crippen LogP contribution in [0, 0.1) is 0 Å². The van der Waals surface area contributed by atoms with Crippen LogP contribution in [0.1, 0.15) is 28.8 Å². The average Bonchev–Trinajstić information content (AvgIpc) is 3.32. The van der Waals surface area contributed by atoms with Gasteiger partial charge in [-0.15, -0.1) is 0 Å². The Morgan fingerprint density at radius 3 is 2.44 bits per heavy atom. The van der Waals surface area contributed by atoms with Crippen molar-refractivity contribution in [1.82, 2.24) is 5.43 Å². The summed E-state index contributed by atoms with van der Waals surface area (Å²) in [6.45, 7) is 2.07. The van der Waals surface area contributed by atoms with Gasteiger partial charge in [-0.3, -0.25) is 4.79 Å². The summed E-state index contributed by atoms with van der Waals surface area (Å²) in [6.07, 6.45) is 1.46. The van der Waals surface area contributed by atoms with E-state index in [-0.39, 0.29) is 19.0 Å². The number of hydrogen-bond donors (Lipinski definition) is 2. The number of amides is 1. The first-order valence-corrected chi connectivity index (χ1v) is 10.3. The number of aromatic carboxylic acids is 1. The van der Waals surface area contributed by atoms with Gasteiger partial charge >= 0.3 is 5.97 Å². The zero-order valence-corrected chi connectivity index (χ0v) is 18.6. The number of carboxylic acid groups (broad SMARTS) is 1. The summed E-state index contributed by atoms with van der Waals surface area (Å²) in [7, 11) is 1.57. The lowest BCUT2D eigenvalue weighted by Crippen LogP contribution is -2.24. The summed E-state index contributed by atoms with van der Waals surface area (Å²) in [4.78, 5) is 22.9. The van der Waals surface area contributed by atoms with E-state index in [2.05, 4.69) is 10.5 Å². The summed E-state index contributed by atoms with van der Waals surface area (Å²) in [5.41, 5.74) is 3.06. The van der Waals surface area contributed by atoms with Crippen molar-refractivity contribution in [3.05, 3.63) is 71.7 Å². The Bertz CT molecular complexity index is 1140. The molecule has 0 spiro atoms. The zero-order valence-electron chi connectivity index (χ0n) is 18.6. The Morgan fingerprint density at radius 2 is 1.76 bits per heavy atom. The predicted octanol–water partition coefficient (Wildman–Crippen LogP) is 3.49. The van der Waals surface area contributed by atoms with E-state index in [4.69, 9.17) is 28.5 Å². The van der Waals surface area contributed by atoms with E-state index in [1.807, 2.05) is 6.92 Å². The molecule has 1 heterocycles. The van der Waals surface area contributed by atoms with Crippen molar-refractivity contribution in [3.63, 3.8) is 0 Å². The maximum absolute atomic E-state index is 12.0. The molecular formula is C24H24N2O8. The molecule has 2 aromatic carbocycles. The van der Waals surface area contributed by atoms with Crippen LogP contribution in [0.3, 0.4) is 0 Å². The quantitative estimate of drug-likeness (QED) is 0.305. The number of carbonyl (C=O) groups excluding carboxylic acids is 1. The maximum atomic E-state index is 12.0. The number of ether oxygens (including phenoxy) is 4. The Kier molecular flexibility index (Phi) is 8.50. The van der Waals surface area contributed by atoms with Gasteiger partial charge < -0.3 is 28.5 Å². The van der Waals surface area contributed by atoms with E-state index < -0.39 is 11.9 Å². The van der Waals surface area contributed by atoms with Crippen LogP contribution in [0.4, 0.5) is 0 Å². The molecule has 0 unspecified atom stereocenters. The molecule has 0 aliphatic rings. The fraction of sp³-hybridized carbons (Fsp3) is 0.208. The molecule has 1 aromatic heterocycles. The molecule has 2 N–H and O–H groups in total. The zero-order chi connectivity index (χ0) is 24.3. The molecule has 0 saturated carbocycles. The summed E-state index contributed by atoms with van der Waals surface area (Å²) in [5, 5.41) is 12.9. The molecule has 10 heteroatoms. The van der Waals surface area contributed by atoms with Gasteiger partial charge in [-0.2, -0.15) is 5.10 Å². The molecular weight excluding hydrogens is 444 g/mol. The van der Waals surface area contributed by atoms with Gasteiger partial charge in [0.25, 0.3) is 5.91 Å². The van der Waals surface area contributed by atoms with Crippen LogP contribution in [0.15, 0.2) is 64.1 Å². The lowest BCUT2D eigenvalue weighted by atomic mass is 10.2. The molecule has 1 amide bonds. The normalized spacial score (nSPS) is 10.6. The topological polar surface area (TPSA) is 129 Å². The van der Waals surface area contributed by atoms with E-state index in [9.17, 15) is 9.59 Å². The van der Waals surface area contributed by atoms with Gasteiger partial charge in [0.1, 0.15) is 23.9 Å². The van der Waals surface area contributed by atoms with Crippen molar-refractivity contribution in [3.8, 4) is 23.0 Å². The van der Waals surface area contributed by atoms with Crippen LogP contribution in [-0.4, -0.2) is 43.5 Å². The number of nitrogens with zero attached hydrogens (tertiary/aromatic N) is 1. The number of benzene rings is 2. The number of nitrogens with one attached hydrogen (secondary N) is 1. The van der Waals surface area contributed by atoms with E-state index in [0.717, 1.165) is 0 Å². The largest absolute Gasteiger partial charge is 0.497 e. The van der Waals surface area contributed by atoms with E-state index in [1.165, 1.54) is 18.3 Å². The highest BCUT2D eigenvalue weighted by Gasteiger charge is 2.11. The Morgan fingerprint density at radius 1 is 1.00 bits per heavy atom. The molecule has 0 fully saturated rings. The first-order valence-electron chi connectivity index (χ1n) is 10.3. The second-order valence-corrected chi connectivity index (χ2v) is 6.76. The van der Waals surface area contributed by atoms with Crippen molar-refractivity contribution >= 4 is 18.1 Å². The summed E-state index contributed by atoms with van der Waals surface area (Å²) < 4.78 is 27.0. The number of carboxylic acids is 1. The Balaban J connectivity index is 1.53. The van der Waals surface area contributed by atoms with Crippen LogP contribution in [-0.2, 0) is 11.4 Å². The molecule has 34 heavy (non-hydrogen) atoms. The van der Waals surface area contributed by atoms with Crippen LogP contribution < -0.4 is 24.4 Å². The van der Waals surface area contributed by atoms with Crippen molar-refractivity contribution in [2.24, 2.45) is 5.10 Å². The van der Waals surface area contributed by atoms with Gasteiger partial charge in [0, 0.05) is 0 Å². The third-order valence-corrected chi connectivity index (χ3v) is 4.34. The summed E-state index contributed by atoms with van der Waals surface area (Å²) in [5.74, 6) is 0.773. The second kappa shape index (κ2) is 12.0. The summed E-state index contributed by atoms with van der Waals surface area (Å²) in [6, 6.07) is 14.9. The van der Waals surface area contributed by atoms with E-state index in [0.29, 0.717) is 40.9 Å². The molecule has 0 bridgehead atoms. The third kappa shape index (κ3) is 7.02. The SMILES string of the molecule is CCOc1cc(C=NNC(=O)COc2ccc(OC)cc2)ccc1OCc1ccc(C(=O)O)o1. The standard InChI is InChI=1S/C24H24N2O8/c1-3-31-22-12-16(4-10-20(22)33-14-19-9-11-21(34-19)24(28)29)13-25-26-23(27)15-32-18-7-5-17(30-2)6-8-18/h4-13H,3,14-15H2,1-2H3,(H,26,27)(H,28,29). The van der Waals surface area contributed by atoms with Crippen molar-refractivity contribution < 1.29 is 38.1 Å². The van der Waals surface area contributed by atoms with Gasteiger partial charge in [-0.25, -0.2) is 10.2 Å². The molecule has 3 rings (SSSR count). The van der Waals surface area contributed by atoms with Gasteiger partial charge in [-0.05, 0) is 67.1 Å². The molecule has 3 aromatic rings. The molecule has 178 valence electrons. The first-order chi connectivity index (χ1) is 16.5.